The third-order valence-corrected chi connectivity index (χ3v) is 3.10. The maximum Gasteiger partial charge on any atom is 0.222 e. The number of nitrogens with one attached hydrogen (secondary N) is 1. The first-order valence-electron chi connectivity index (χ1n) is 9.31. The van der Waals surface area contributed by atoms with Crippen LogP contribution in [0, 0.1) is 0 Å². The second-order valence-electron chi connectivity index (χ2n) is 5.61. The molecule has 26 heavy (non-hydrogen) atoms. The van der Waals surface area contributed by atoms with Gasteiger partial charge in [-0.15, -0.1) is 0 Å². The lowest BCUT2D eigenvalue weighted by atomic mass is 10.3. The molecule has 0 saturated heterocycles. The van der Waals surface area contributed by atoms with Gasteiger partial charge in [0.1, 0.15) is 5.78 Å². The molecule has 0 aromatic carbocycles. The molecule has 0 aromatic heterocycles. The van der Waals surface area contributed by atoms with Crippen molar-refractivity contribution >= 4 is 11.7 Å². The van der Waals surface area contributed by atoms with Crippen LogP contribution in [0.1, 0.15) is 33.1 Å². The minimum Gasteiger partial charge on any atom is -0.381 e. The lowest BCUT2D eigenvalue weighted by Crippen LogP contribution is -2.28. The van der Waals surface area contributed by atoms with Crippen molar-refractivity contribution in [2.75, 3.05) is 72.6 Å². The summed E-state index contributed by atoms with van der Waals surface area (Å²) in [4.78, 5) is 22.1. The maximum absolute atomic E-state index is 11.4. The lowest BCUT2D eigenvalue weighted by Gasteiger charge is -2.08. The molecule has 0 aliphatic heterocycles. The Morgan fingerprint density at radius 3 is 1.65 bits per heavy atom. The smallest absolute Gasteiger partial charge is 0.222 e. The van der Waals surface area contributed by atoms with Crippen molar-refractivity contribution in [3.63, 3.8) is 0 Å². The summed E-state index contributed by atoms with van der Waals surface area (Å²) >= 11 is 0. The van der Waals surface area contributed by atoms with Crippen molar-refractivity contribution in [3.05, 3.63) is 0 Å². The molecule has 0 aliphatic carbocycles. The molecule has 1 N–H and O–H groups in total. The second kappa shape index (κ2) is 20.3. The fourth-order valence-electron chi connectivity index (χ4n) is 1.74. The predicted octanol–water partition coefficient (Wildman–Crippen LogP) is 0.965. The average Bonchev–Trinajstić information content (AvgIpc) is 2.61. The number of hydrogen-bond donors (Lipinski definition) is 1. The Morgan fingerprint density at radius 2 is 1.12 bits per heavy atom. The quantitative estimate of drug-likeness (QED) is 0.316. The topological polar surface area (TPSA) is 92.3 Å². The van der Waals surface area contributed by atoms with Crippen LogP contribution in [0.5, 0.6) is 0 Å². The van der Waals surface area contributed by atoms with Gasteiger partial charge in [0.2, 0.25) is 5.91 Å². The molecule has 0 aromatic rings. The Bertz CT molecular complexity index is 340. The number of amides is 1. The summed E-state index contributed by atoms with van der Waals surface area (Å²) in [7, 11) is 0. The van der Waals surface area contributed by atoms with Crippen molar-refractivity contribution in [3.8, 4) is 0 Å². The van der Waals surface area contributed by atoms with Gasteiger partial charge in [-0.25, -0.2) is 0 Å². The van der Waals surface area contributed by atoms with E-state index in [1.165, 1.54) is 0 Å². The van der Waals surface area contributed by atoms with E-state index in [0.29, 0.717) is 85.5 Å². The minimum absolute atomic E-state index is 0.0247. The van der Waals surface area contributed by atoms with E-state index in [0.717, 1.165) is 6.42 Å². The van der Waals surface area contributed by atoms with Gasteiger partial charge in [0.05, 0.1) is 59.5 Å². The molecular weight excluding hydrogens is 342 g/mol. The van der Waals surface area contributed by atoms with Gasteiger partial charge in [0, 0.05) is 26.0 Å². The average molecular weight is 377 g/mol. The Hall–Kier alpha value is -1.06. The van der Waals surface area contributed by atoms with Crippen LogP contribution < -0.4 is 5.32 Å². The molecule has 0 rings (SSSR count). The summed E-state index contributed by atoms with van der Waals surface area (Å²) in [6.45, 7) is 9.02. The van der Waals surface area contributed by atoms with E-state index >= 15 is 0 Å². The fourth-order valence-corrected chi connectivity index (χ4v) is 1.74. The van der Waals surface area contributed by atoms with Gasteiger partial charge >= 0.3 is 0 Å². The summed E-state index contributed by atoms with van der Waals surface area (Å²) in [5, 5.41) is 2.77. The van der Waals surface area contributed by atoms with E-state index in [9.17, 15) is 9.59 Å². The highest BCUT2D eigenvalue weighted by molar-refractivity contribution is 5.76. The second-order valence-corrected chi connectivity index (χ2v) is 5.61. The van der Waals surface area contributed by atoms with Crippen LogP contribution in [0.25, 0.3) is 0 Å². The molecule has 0 fully saturated rings. The Balaban J connectivity index is 3.11. The van der Waals surface area contributed by atoms with E-state index in [4.69, 9.17) is 23.7 Å². The van der Waals surface area contributed by atoms with Gasteiger partial charge in [-0.1, -0.05) is 6.92 Å². The summed E-state index contributed by atoms with van der Waals surface area (Å²) in [6.07, 6.45) is 1.78. The molecule has 0 spiro atoms. The molecule has 1 amide bonds. The SMILES string of the molecule is CCCOCCC(=O)NCCOCCOCCOCCOCCC(C)=O. The summed E-state index contributed by atoms with van der Waals surface area (Å²) in [5.41, 5.74) is 0. The molecule has 0 unspecified atom stereocenters. The van der Waals surface area contributed by atoms with E-state index in [2.05, 4.69) is 5.32 Å². The minimum atomic E-state index is -0.0247. The van der Waals surface area contributed by atoms with Crippen LogP contribution in [-0.2, 0) is 33.3 Å². The van der Waals surface area contributed by atoms with E-state index in [-0.39, 0.29) is 11.7 Å². The lowest BCUT2D eigenvalue weighted by molar-refractivity contribution is -0.122. The largest absolute Gasteiger partial charge is 0.381 e. The third kappa shape index (κ3) is 21.0. The number of ether oxygens (including phenoxy) is 5. The highest BCUT2D eigenvalue weighted by Crippen LogP contribution is 1.87. The third-order valence-electron chi connectivity index (χ3n) is 3.10. The zero-order valence-corrected chi connectivity index (χ0v) is 16.3. The number of ketones is 1. The molecule has 154 valence electrons. The molecule has 8 heteroatoms. The summed E-state index contributed by atoms with van der Waals surface area (Å²) < 4.78 is 26.5. The molecule has 0 heterocycles. The van der Waals surface area contributed by atoms with Gasteiger partial charge in [0.15, 0.2) is 0 Å². The molecule has 0 saturated carbocycles. The number of rotatable bonds is 20. The van der Waals surface area contributed by atoms with Crippen molar-refractivity contribution in [2.24, 2.45) is 0 Å². The van der Waals surface area contributed by atoms with Crippen molar-refractivity contribution in [2.45, 2.75) is 33.1 Å². The maximum atomic E-state index is 11.4. The van der Waals surface area contributed by atoms with Crippen LogP contribution in [0.15, 0.2) is 0 Å². The van der Waals surface area contributed by atoms with Crippen LogP contribution in [-0.4, -0.2) is 84.3 Å². The van der Waals surface area contributed by atoms with E-state index < -0.39 is 0 Å². The molecule has 0 bridgehead atoms. The Morgan fingerprint density at radius 1 is 0.654 bits per heavy atom. The fraction of sp³-hybridized carbons (Fsp3) is 0.889. The standard InChI is InChI=1S/C18H35NO7/c1-3-7-22-9-5-18(21)19-6-10-24-12-14-26-16-15-25-13-11-23-8-4-17(2)20/h3-16H2,1-2H3,(H,19,21). The van der Waals surface area contributed by atoms with Crippen LogP contribution in [0.3, 0.4) is 0 Å². The molecule has 0 atom stereocenters. The Kier molecular flexibility index (Phi) is 19.4. The van der Waals surface area contributed by atoms with Gasteiger partial charge in [-0.3, -0.25) is 9.59 Å². The van der Waals surface area contributed by atoms with Crippen molar-refractivity contribution in [1.29, 1.82) is 0 Å². The highest BCUT2D eigenvalue weighted by atomic mass is 16.6. The number of carbonyl (C=O) groups excluding carboxylic acids is 2. The molecular formula is C18H35NO7. The first kappa shape index (κ1) is 24.9. The van der Waals surface area contributed by atoms with Crippen LogP contribution in [0.2, 0.25) is 0 Å². The van der Waals surface area contributed by atoms with E-state index in [1.807, 2.05) is 6.92 Å². The first-order valence-corrected chi connectivity index (χ1v) is 9.31. The molecule has 0 radical (unpaired) electrons. The molecule has 8 nitrogen and oxygen atoms in total. The van der Waals surface area contributed by atoms with Gasteiger partial charge in [-0.05, 0) is 13.3 Å². The van der Waals surface area contributed by atoms with E-state index in [1.54, 1.807) is 6.92 Å². The van der Waals surface area contributed by atoms with Gasteiger partial charge in [-0.2, -0.15) is 0 Å². The Labute approximate surface area is 156 Å². The number of carbonyl (C=O) groups is 2. The summed E-state index contributed by atoms with van der Waals surface area (Å²) in [5.74, 6) is 0.101. The van der Waals surface area contributed by atoms with Gasteiger partial charge < -0.3 is 29.0 Å². The summed E-state index contributed by atoms with van der Waals surface area (Å²) in [6, 6.07) is 0. The molecule has 0 aliphatic rings. The highest BCUT2D eigenvalue weighted by Gasteiger charge is 2.00. The zero-order valence-electron chi connectivity index (χ0n) is 16.3. The van der Waals surface area contributed by atoms with Crippen LogP contribution in [0.4, 0.5) is 0 Å². The number of hydrogen-bond acceptors (Lipinski definition) is 7. The first-order chi connectivity index (χ1) is 12.7. The number of Topliss-reactive ketones (excluding diaryl/α,β-unsaturated/α-hetero) is 1. The van der Waals surface area contributed by atoms with Crippen molar-refractivity contribution < 1.29 is 33.3 Å². The zero-order chi connectivity index (χ0) is 19.3. The van der Waals surface area contributed by atoms with Gasteiger partial charge in [0.25, 0.3) is 0 Å². The normalized spacial score (nSPS) is 10.8. The monoisotopic (exact) mass is 377 g/mol. The van der Waals surface area contributed by atoms with Crippen LogP contribution >= 0.6 is 0 Å². The predicted molar refractivity (Wildman–Crippen MR) is 97.3 cm³/mol. The van der Waals surface area contributed by atoms with Crippen molar-refractivity contribution in [1.82, 2.24) is 5.32 Å².